The molecule has 1 aromatic rings. The van der Waals surface area contributed by atoms with E-state index in [1.165, 1.54) is 24.3 Å². The molecule has 1 aliphatic rings. The maximum absolute atomic E-state index is 13.6. The van der Waals surface area contributed by atoms with E-state index in [0.29, 0.717) is 0 Å². The van der Waals surface area contributed by atoms with Crippen LogP contribution in [0.25, 0.3) is 0 Å². The Bertz CT molecular complexity index is 673. The Morgan fingerprint density at radius 3 is 2.71 bits per heavy atom. The molecule has 7 heteroatoms. The van der Waals surface area contributed by atoms with E-state index in [1.807, 2.05) is 5.32 Å². The Balaban J connectivity index is 2.74. The number of fused-ring (bicyclic) bond motifs is 1. The average Bonchev–Trinajstić information content (AvgIpc) is 2.38. The molecule has 0 radical (unpaired) electrons. The third-order valence-corrected chi connectivity index (χ3v) is 3.10. The second-order valence-corrected chi connectivity index (χ2v) is 4.72. The van der Waals surface area contributed by atoms with E-state index in [4.69, 9.17) is 11.6 Å². The van der Waals surface area contributed by atoms with Gasteiger partial charge in [0.15, 0.2) is 0 Å². The summed E-state index contributed by atoms with van der Waals surface area (Å²) in [6.45, 7) is 1.63. The highest BCUT2D eigenvalue weighted by molar-refractivity contribution is 6.30. The predicted octanol–water partition coefficient (Wildman–Crippen LogP) is 3.81. The first-order chi connectivity index (χ1) is 9.80. The van der Waals surface area contributed by atoms with Gasteiger partial charge in [0.05, 0.1) is 0 Å². The largest absolute Gasteiger partial charge is 0.427 e. The Morgan fingerprint density at radius 2 is 2.10 bits per heavy atom. The lowest BCUT2D eigenvalue weighted by Crippen LogP contribution is -2.59. The van der Waals surface area contributed by atoms with Crippen LogP contribution < -0.4 is 10.6 Å². The van der Waals surface area contributed by atoms with Gasteiger partial charge in [-0.2, -0.15) is 13.2 Å². The molecule has 0 aliphatic carbocycles. The molecule has 2 amide bonds. The Labute approximate surface area is 124 Å². The molecule has 1 atom stereocenters. The highest BCUT2D eigenvalue weighted by Crippen LogP contribution is 2.44. The maximum Gasteiger partial charge on any atom is 0.427 e. The summed E-state index contributed by atoms with van der Waals surface area (Å²) in [7, 11) is 0. The third kappa shape index (κ3) is 2.69. The number of carbonyl (C=O) groups excluding carboxylic acids is 1. The summed E-state index contributed by atoms with van der Waals surface area (Å²) < 4.78 is 40.8. The molecular formula is C14H10ClF3N2O. The topological polar surface area (TPSA) is 41.1 Å². The standard InChI is InChI=1S/C14H10ClF3N2O/c1-2-3-4-7-13(14(16,17)18)10-8-9(15)5-6-11(10)19-12(21)20-13/h2-3,5-6,8H,1H3,(H2,19,20,21)/b3-2+. The van der Waals surface area contributed by atoms with Crippen molar-refractivity contribution in [2.45, 2.75) is 18.6 Å². The van der Waals surface area contributed by atoms with E-state index >= 15 is 0 Å². The molecule has 21 heavy (non-hydrogen) atoms. The zero-order valence-corrected chi connectivity index (χ0v) is 11.6. The summed E-state index contributed by atoms with van der Waals surface area (Å²) in [6, 6.07) is 2.87. The fourth-order valence-corrected chi connectivity index (χ4v) is 2.13. The first-order valence-electron chi connectivity index (χ1n) is 5.90. The molecule has 0 bridgehead atoms. The molecule has 0 spiro atoms. The lowest BCUT2D eigenvalue weighted by atomic mass is 9.86. The monoisotopic (exact) mass is 314 g/mol. The number of benzene rings is 1. The van der Waals surface area contributed by atoms with Crippen molar-refractivity contribution in [3.05, 3.63) is 40.9 Å². The number of alkyl halides is 3. The van der Waals surface area contributed by atoms with Crippen LogP contribution in [-0.4, -0.2) is 12.2 Å². The van der Waals surface area contributed by atoms with Gasteiger partial charge in [-0.05, 0) is 31.2 Å². The van der Waals surface area contributed by atoms with Gasteiger partial charge < -0.3 is 10.6 Å². The second-order valence-electron chi connectivity index (χ2n) is 4.29. The Morgan fingerprint density at radius 1 is 1.38 bits per heavy atom. The van der Waals surface area contributed by atoms with Gasteiger partial charge in [-0.15, -0.1) is 0 Å². The minimum atomic E-state index is -4.81. The van der Waals surface area contributed by atoms with Crippen LogP contribution in [0.5, 0.6) is 0 Å². The number of nitrogens with one attached hydrogen (secondary N) is 2. The maximum atomic E-state index is 13.6. The summed E-state index contributed by atoms with van der Waals surface area (Å²) in [5.41, 5.74) is -3.01. The van der Waals surface area contributed by atoms with Gasteiger partial charge in [-0.1, -0.05) is 29.5 Å². The molecular weight excluding hydrogens is 305 g/mol. The van der Waals surface area contributed by atoms with Gasteiger partial charge in [0.1, 0.15) is 0 Å². The number of hydrogen-bond acceptors (Lipinski definition) is 1. The number of halogens is 4. The Kier molecular flexibility index (Phi) is 3.88. The van der Waals surface area contributed by atoms with Crippen LogP contribution in [0.2, 0.25) is 5.02 Å². The van der Waals surface area contributed by atoms with E-state index < -0.39 is 17.7 Å². The van der Waals surface area contributed by atoms with Gasteiger partial charge >= 0.3 is 12.2 Å². The van der Waals surface area contributed by atoms with Crippen LogP contribution in [0, 0.1) is 11.8 Å². The molecule has 0 saturated carbocycles. The molecule has 3 nitrogen and oxygen atoms in total. The van der Waals surface area contributed by atoms with Crippen molar-refractivity contribution in [3.8, 4) is 11.8 Å². The molecule has 110 valence electrons. The van der Waals surface area contributed by atoms with Crippen LogP contribution in [0.3, 0.4) is 0 Å². The summed E-state index contributed by atoms with van der Waals surface area (Å²) in [6.07, 6.45) is -2.04. The minimum absolute atomic E-state index is 0.0234. The lowest BCUT2D eigenvalue weighted by Gasteiger charge is -2.37. The number of carbonyl (C=O) groups is 1. The number of allylic oxidation sites excluding steroid dienone is 2. The van der Waals surface area contributed by atoms with E-state index in [1.54, 1.807) is 6.92 Å². The predicted molar refractivity (Wildman–Crippen MR) is 73.9 cm³/mol. The third-order valence-electron chi connectivity index (χ3n) is 2.87. The van der Waals surface area contributed by atoms with Gasteiger partial charge in [0.25, 0.3) is 0 Å². The van der Waals surface area contributed by atoms with Crippen molar-refractivity contribution in [1.82, 2.24) is 5.32 Å². The quantitative estimate of drug-likeness (QED) is 0.702. The van der Waals surface area contributed by atoms with Gasteiger partial charge in [0.2, 0.25) is 5.54 Å². The van der Waals surface area contributed by atoms with Crippen molar-refractivity contribution in [2.75, 3.05) is 5.32 Å². The highest BCUT2D eigenvalue weighted by atomic mass is 35.5. The molecule has 1 aromatic carbocycles. The van der Waals surface area contributed by atoms with Gasteiger partial charge in [-0.3, -0.25) is 0 Å². The SMILES string of the molecule is C/C=C/C#CC1(C(F)(F)F)NC(=O)Nc2ccc(Cl)cc21. The van der Waals surface area contributed by atoms with Crippen molar-refractivity contribution >= 4 is 23.3 Å². The summed E-state index contributed by atoms with van der Waals surface area (Å²) in [5, 5.41) is 4.30. The van der Waals surface area contributed by atoms with Crippen LogP contribution in [-0.2, 0) is 5.54 Å². The van der Waals surface area contributed by atoms with E-state index in [0.717, 1.165) is 6.07 Å². The smallest absolute Gasteiger partial charge is 0.310 e. The van der Waals surface area contributed by atoms with Crippen LogP contribution in [0.1, 0.15) is 12.5 Å². The van der Waals surface area contributed by atoms with E-state index in [9.17, 15) is 18.0 Å². The van der Waals surface area contributed by atoms with Crippen molar-refractivity contribution in [2.24, 2.45) is 0 Å². The van der Waals surface area contributed by atoms with E-state index in [-0.39, 0.29) is 16.3 Å². The van der Waals surface area contributed by atoms with Gasteiger partial charge in [-0.25, -0.2) is 4.79 Å². The molecule has 0 aromatic heterocycles. The molecule has 0 saturated heterocycles. The van der Waals surface area contributed by atoms with Crippen molar-refractivity contribution < 1.29 is 18.0 Å². The molecule has 1 heterocycles. The fourth-order valence-electron chi connectivity index (χ4n) is 1.95. The summed E-state index contributed by atoms with van der Waals surface area (Å²) >= 11 is 5.78. The molecule has 1 aliphatic heterocycles. The summed E-state index contributed by atoms with van der Waals surface area (Å²) in [5.74, 6) is 4.39. The number of rotatable bonds is 0. The molecule has 2 N–H and O–H groups in total. The first-order valence-corrected chi connectivity index (χ1v) is 6.28. The molecule has 0 fully saturated rings. The van der Waals surface area contributed by atoms with E-state index in [2.05, 4.69) is 17.2 Å². The first kappa shape index (κ1) is 15.3. The minimum Gasteiger partial charge on any atom is -0.310 e. The number of amides is 2. The second kappa shape index (κ2) is 5.34. The molecule has 2 rings (SSSR count). The van der Waals surface area contributed by atoms with Crippen molar-refractivity contribution in [3.63, 3.8) is 0 Å². The van der Waals surface area contributed by atoms with Crippen LogP contribution >= 0.6 is 11.6 Å². The number of hydrogen-bond donors (Lipinski definition) is 2. The van der Waals surface area contributed by atoms with Crippen LogP contribution in [0.15, 0.2) is 30.4 Å². The highest BCUT2D eigenvalue weighted by Gasteiger charge is 2.59. The normalized spacial score (nSPS) is 21.1. The Hall–Kier alpha value is -2.13. The summed E-state index contributed by atoms with van der Waals surface area (Å²) in [4.78, 5) is 11.6. The fraction of sp³-hybridized carbons (Fsp3) is 0.214. The number of urea groups is 1. The zero-order chi connectivity index (χ0) is 15.7. The average molecular weight is 315 g/mol. The lowest BCUT2D eigenvalue weighted by molar-refractivity contribution is -0.178. The van der Waals surface area contributed by atoms with Gasteiger partial charge in [0, 0.05) is 16.3 Å². The zero-order valence-electron chi connectivity index (χ0n) is 10.8. The van der Waals surface area contributed by atoms with Crippen LogP contribution in [0.4, 0.5) is 23.7 Å². The van der Waals surface area contributed by atoms with Crippen molar-refractivity contribution in [1.29, 1.82) is 0 Å². The molecule has 1 unspecified atom stereocenters. The number of anilines is 1.